The highest BCUT2D eigenvalue weighted by atomic mass is 16.5. The van der Waals surface area contributed by atoms with Crippen LogP contribution in [0.4, 0.5) is 0 Å². The second kappa shape index (κ2) is 11.0. The Bertz CT molecular complexity index is 893. The Balaban J connectivity index is 1.85. The molecular weight excluding hydrogens is 396 g/mol. The third kappa shape index (κ3) is 6.35. The van der Waals surface area contributed by atoms with Crippen molar-refractivity contribution in [3.05, 3.63) is 65.2 Å². The van der Waals surface area contributed by atoms with E-state index in [1.165, 1.54) is 16.7 Å². The van der Waals surface area contributed by atoms with E-state index in [1.54, 1.807) is 7.11 Å². The maximum Gasteiger partial charge on any atom is 0.225 e. The van der Waals surface area contributed by atoms with E-state index in [0.717, 1.165) is 38.5 Å². The van der Waals surface area contributed by atoms with Crippen molar-refractivity contribution in [3.8, 4) is 5.75 Å². The van der Waals surface area contributed by atoms with Gasteiger partial charge in [-0.05, 0) is 42.0 Å². The van der Waals surface area contributed by atoms with Crippen molar-refractivity contribution < 1.29 is 9.53 Å². The minimum atomic E-state index is 0.0221. The Labute approximate surface area is 194 Å². The minimum Gasteiger partial charge on any atom is -0.497 e. The number of hydrogen-bond donors (Lipinski definition) is 0. The number of aryl methyl sites for hydroxylation is 1. The summed E-state index contributed by atoms with van der Waals surface area (Å²) in [6.45, 7) is 15.1. The van der Waals surface area contributed by atoms with E-state index in [1.807, 2.05) is 19.9 Å². The number of carbonyl (C=O) groups is 1. The molecular formula is C28H40N2O2. The molecule has 1 saturated heterocycles. The summed E-state index contributed by atoms with van der Waals surface area (Å²) in [7, 11) is 1.72. The summed E-state index contributed by atoms with van der Waals surface area (Å²) in [6, 6.07) is 17.3. The monoisotopic (exact) mass is 436 g/mol. The fourth-order valence-electron chi connectivity index (χ4n) is 4.94. The van der Waals surface area contributed by atoms with Gasteiger partial charge < -0.3 is 9.64 Å². The van der Waals surface area contributed by atoms with Gasteiger partial charge in [0.2, 0.25) is 5.91 Å². The zero-order chi connectivity index (χ0) is 23.3. The lowest BCUT2D eigenvalue weighted by atomic mass is 9.88. The van der Waals surface area contributed by atoms with Crippen LogP contribution in [0.2, 0.25) is 0 Å². The quantitative estimate of drug-likeness (QED) is 0.530. The molecule has 32 heavy (non-hydrogen) atoms. The molecule has 174 valence electrons. The van der Waals surface area contributed by atoms with Crippen LogP contribution in [-0.2, 0) is 11.3 Å². The molecule has 1 heterocycles. The SMILES string of the molecule is COc1cccc(C2CN(Cc3cccc(C)c3)CC2CN(CC(C)C)C(=O)C(C)C)c1. The van der Waals surface area contributed by atoms with E-state index in [2.05, 4.69) is 73.0 Å². The van der Waals surface area contributed by atoms with E-state index in [-0.39, 0.29) is 11.8 Å². The Morgan fingerprint density at radius 2 is 1.84 bits per heavy atom. The van der Waals surface area contributed by atoms with Crippen LogP contribution in [0.1, 0.15) is 50.3 Å². The third-order valence-electron chi connectivity index (χ3n) is 6.37. The maximum atomic E-state index is 13.0. The zero-order valence-electron chi connectivity index (χ0n) is 20.7. The molecule has 0 saturated carbocycles. The maximum absolute atomic E-state index is 13.0. The molecule has 0 N–H and O–H groups in total. The lowest BCUT2D eigenvalue weighted by molar-refractivity contribution is -0.135. The van der Waals surface area contributed by atoms with E-state index in [0.29, 0.717) is 17.8 Å². The van der Waals surface area contributed by atoms with Crippen LogP contribution in [0.25, 0.3) is 0 Å². The first-order chi connectivity index (χ1) is 15.3. The predicted octanol–water partition coefficient (Wildman–Crippen LogP) is 5.36. The van der Waals surface area contributed by atoms with E-state index >= 15 is 0 Å². The fraction of sp³-hybridized carbons (Fsp3) is 0.536. The molecule has 2 aromatic carbocycles. The Hall–Kier alpha value is -2.33. The van der Waals surface area contributed by atoms with Crippen molar-refractivity contribution in [1.29, 1.82) is 0 Å². The van der Waals surface area contributed by atoms with Gasteiger partial charge in [-0.15, -0.1) is 0 Å². The van der Waals surface area contributed by atoms with Gasteiger partial charge >= 0.3 is 0 Å². The largest absolute Gasteiger partial charge is 0.497 e. The van der Waals surface area contributed by atoms with Gasteiger partial charge in [-0.2, -0.15) is 0 Å². The summed E-state index contributed by atoms with van der Waals surface area (Å²) < 4.78 is 5.51. The van der Waals surface area contributed by atoms with Gasteiger partial charge in [-0.3, -0.25) is 9.69 Å². The summed E-state index contributed by atoms with van der Waals surface area (Å²) in [5, 5.41) is 0. The van der Waals surface area contributed by atoms with Crippen molar-refractivity contribution in [2.75, 3.05) is 33.3 Å². The molecule has 2 atom stereocenters. The van der Waals surface area contributed by atoms with Crippen LogP contribution < -0.4 is 4.74 Å². The summed E-state index contributed by atoms with van der Waals surface area (Å²) in [4.78, 5) is 17.7. The molecule has 0 aliphatic carbocycles. The Morgan fingerprint density at radius 1 is 1.09 bits per heavy atom. The second-order valence-corrected chi connectivity index (χ2v) is 10.1. The number of hydrogen-bond acceptors (Lipinski definition) is 3. The van der Waals surface area contributed by atoms with Crippen molar-refractivity contribution in [3.63, 3.8) is 0 Å². The van der Waals surface area contributed by atoms with Crippen LogP contribution in [0.3, 0.4) is 0 Å². The van der Waals surface area contributed by atoms with Crippen molar-refractivity contribution in [2.45, 2.75) is 47.1 Å². The minimum absolute atomic E-state index is 0.0221. The van der Waals surface area contributed by atoms with Crippen molar-refractivity contribution in [1.82, 2.24) is 9.80 Å². The molecule has 3 rings (SSSR count). The summed E-state index contributed by atoms with van der Waals surface area (Å²) in [6.07, 6.45) is 0. The zero-order valence-corrected chi connectivity index (χ0v) is 20.7. The molecule has 1 aliphatic rings. The van der Waals surface area contributed by atoms with Crippen LogP contribution in [-0.4, -0.2) is 49.0 Å². The molecule has 2 aromatic rings. The summed E-state index contributed by atoms with van der Waals surface area (Å²) >= 11 is 0. The summed E-state index contributed by atoms with van der Waals surface area (Å²) in [5.41, 5.74) is 3.96. The molecule has 4 nitrogen and oxygen atoms in total. The normalized spacial score (nSPS) is 19.0. The molecule has 1 amide bonds. The first-order valence-electron chi connectivity index (χ1n) is 12.0. The van der Waals surface area contributed by atoms with Crippen LogP contribution >= 0.6 is 0 Å². The number of carbonyl (C=O) groups excluding carboxylic acids is 1. The molecule has 4 heteroatoms. The average Bonchev–Trinajstić information content (AvgIpc) is 3.14. The van der Waals surface area contributed by atoms with Gasteiger partial charge in [0.25, 0.3) is 0 Å². The van der Waals surface area contributed by atoms with Crippen molar-refractivity contribution >= 4 is 5.91 Å². The van der Waals surface area contributed by atoms with Crippen LogP contribution in [0, 0.1) is 24.7 Å². The highest BCUT2D eigenvalue weighted by molar-refractivity contribution is 5.78. The first-order valence-corrected chi connectivity index (χ1v) is 12.0. The van der Waals surface area contributed by atoms with Crippen LogP contribution in [0.15, 0.2) is 48.5 Å². The predicted molar refractivity (Wildman–Crippen MR) is 132 cm³/mol. The smallest absolute Gasteiger partial charge is 0.225 e. The van der Waals surface area contributed by atoms with E-state index in [4.69, 9.17) is 4.74 Å². The van der Waals surface area contributed by atoms with E-state index in [9.17, 15) is 4.79 Å². The fourth-order valence-corrected chi connectivity index (χ4v) is 4.94. The van der Waals surface area contributed by atoms with Gasteiger partial charge in [0.15, 0.2) is 0 Å². The molecule has 0 aromatic heterocycles. The van der Waals surface area contributed by atoms with Gasteiger partial charge in [-0.25, -0.2) is 0 Å². The number of amides is 1. The number of nitrogens with zero attached hydrogens (tertiary/aromatic N) is 2. The molecule has 2 unspecified atom stereocenters. The molecule has 0 spiro atoms. The topological polar surface area (TPSA) is 32.8 Å². The van der Waals surface area contributed by atoms with Gasteiger partial charge in [0.05, 0.1) is 7.11 Å². The summed E-state index contributed by atoms with van der Waals surface area (Å²) in [5.74, 6) is 2.42. The number of ether oxygens (including phenoxy) is 1. The van der Waals surface area contributed by atoms with Crippen LogP contribution in [0.5, 0.6) is 5.75 Å². The number of rotatable bonds is 9. The highest BCUT2D eigenvalue weighted by Crippen LogP contribution is 2.36. The first kappa shape index (κ1) is 24.3. The average molecular weight is 437 g/mol. The van der Waals surface area contributed by atoms with E-state index < -0.39 is 0 Å². The number of benzene rings is 2. The van der Waals surface area contributed by atoms with Gasteiger partial charge in [0, 0.05) is 44.6 Å². The number of methoxy groups -OCH3 is 1. The lowest BCUT2D eigenvalue weighted by Crippen LogP contribution is -2.41. The second-order valence-electron chi connectivity index (χ2n) is 10.1. The Kier molecular flexibility index (Phi) is 8.36. The van der Waals surface area contributed by atoms with Gasteiger partial charge in [0.1, 0.15) is 5.75 Å². The standard InChI is InChI=1S/C28H40N2O2/c1-20(2)15-30(28(31)21(3)4)18-25-17-29(16-23-10-7-9-22(5)13-23)19-27(25)24-11-8-12-26(14-24)32-6/h7-14,20-21,25,27H,15-19H2,1-6H3. The molecule has 1 aliphatic heterocycles. The molecule has 0 bridgehead atoms. The third-order valence-corrected chi connectivity index (χ3v) is 6.37. The van der Waals surface area contributed by atoms with Crippen molar-refractivity contribution in [2.24, 2.45) is 17.8 Å². The lowest BCUT2D eigenvalue weighted by Gasteiger charge is -2.31. The number of likely N-dealkylation sites (tertiary alicyclic amines) is 1. The van der Waals surface area contributed by atoms with Gasteiger partial charge in [-0.1, -0.05) is 69.7 Å². The molecule has 0 radical (unpaired) electrons. The Morgan fingerprint density at radius 3 is 2.50 bits per heavy atom. The molecule has 1 fully saturated rings. The highest BCUT2D eigenvalue weighted by Gasteiger charge is 2.36.